The molecule has 0 aliphatic carbocycles. The second kappa shape index (κ2) is 4.76. The molecule has 0 amide bonds. The lowest BCUT2D eigenvalue weighted by Gasteiger charge is -2.05. The average Bonchev–Trinajstić information content (AvgIpc) is 2.80. The summed E-state index contributed by atoms with van der Waals surface area (Å²) >= 11 is 0. The van der Waals surface area contributed by atoms with Gasteiger partial charge < -0.3 is 9.72 Å². The van der Waals surface area contributed by atoms with Gasteiger partial charge in [-0.05, 0) is 42.8 Å². The van der Waals surface area contributed by atoms with E-state index in [1.165, 1.54) is 17.7 Å². The Balaban J connectivity index is 1.80. The lowest BCUT2D eigenvalue weighted by atomic mass is 10.1. The fourth-order valence-corrected chi connectivity index (χ4v) is 2.11. The SMILES string of the molecule is Cc1ccc2c(COc3ccc(F)cc3)c[nH]c2c1. The molecule has 0 aliphatic heterocycles. The summed E-state index contributed by atoms with van der Waals surface area (Å²) < 4.78 is 18.4. The molecule has 3 rings (SSSR count). The number of halogens is 1. The Bertz CT molecular complexity index is 700. The largest absolute Gasteiger partial charge is 0.489 e. The number of H-pyrrole nitrogens is 1. The van der Waals surface area contributed by atoms with Crippen LogP contribution in [0.4, 0.5) is 4.39 Å². The molecular weight excluding hydrogens is 241 g/mol. The second-order valence-electron chi connectivity index (χ2n) is 4.61. The van der Waals surface area contributed by atoms with E-state index >= 15 is 0 Å². The van der Waals surface area contributed by atoms with Gasteiger partial charge in [-0.1, -0.05) is 12.1 Å². The molecule has 0 atom stereocenters. The molecule has 19 heavy (non-hydrogen) atoms. The number of aromatic amines is 1. The number of nitrogens with one attached hydrogen (secondary N) is 1. The Morgan fingerprint density at radius 2 is 1.89 bits per heavy atom. The van der Waals surface area contributed by atoms with E-state index < -0.39 is 0 Å². The molecule has 0 radical (unpaired) electrons. The highest BCUT2D eigenvalue weighted by Crippen LogP contribution is 2.21. The third kappa shape index (κ3) is 2.45. The van der Waals surface area contributed by atoms with Crippen LogP contribution < -0.4 is 4.74 Å². The van der Waals surface area contributed by atoms with Crippen LogP contribution in [0.15, 0.2) is 48.7 Å². The van der Waals surface area contributed by atoms with E-state index in [0.717, 1.165) is 16.5 Å². The summed E-state index contributed by atoms with van der Waals surface area (Å²) in [5.74, 6) is 0.415. The van der Waals surface area contributed by atoms with Crippen molar-refractivity contribution in [1.29, 1.82) is 0 Å². The molecule has 1 N–H and O–H groups in total. The molecule has 1 heterocycles. The lowest BCUT2D eigenvalue weighted by molar-refractivity contribution is 0.307. The lowest BCUT2D eigenvalue weighted by Crippen LogP contribution is -1.94. The van der Waals surface area contributed by atoms with Crippen molar-refractivity contribution in [3.63, 3.8) is 0 Å². The van der Waals surface area contributed by atoms with Crippen LogP contribution in [0.5, 0.6) is 5.75 Å². The van der Waals surface area contributed by atoms with E-state index in [1.807, 2.05) is 6.20 Å². The zero-order valence-corrected chi connectivity index (χ0v) is 10.6. The molecule has 2 nitrogen and oxygen atoms in total. The van der Waals surface area contributed by atoms with Crippen LogP contribution in [0.3, 0.4) is 0 Å². The smallest absolute Gasteiger partial charge is 0.123 e. The van der Waals surface area contributed by atoms with E-state index in [4.69, 9.17) is 4.74 Å². The first kappa shape index (κ1) is 11.8. The standard InChI is InChI=1S/C16H14FNO/c1-11-2-7-15-12(9-18-16(15)8-11)10-19-14-5-3-13(17)4-6-14/h2-9,18H,10H2,1H3. The predicted octanol–water partition coefficient (Wildman–Crippen LogP) is 4.19. The van der Waals surface area contributed by atoms with Crippen molar-refractivity contribution in [2.45, 2.75) is 13.5 Å². The quantitative estimate of drug-likeness (QED) is 0.745. The minimum atomic E-state index is -0.255. The number of hydrogen-bond donors (Lipinski definition) is 1. The van der Waals surface area contributed by atoms with Crippen molar-refractivity contribution in [2.75, 3.05) is 0 Å². The third-order valence-electron chi connectivity index (χ3n) is 3.13. The molecule has 0 saturated carbocycles. The number of benzene rings is 2. The fourth-order valence-electron chi connectivity index (χ4n) is 2.11. The molecule has 3 aromatic rings. The maximum Gasteiger partial charge on any atom is 0.123 e. The highest BCUT2D eigenvalue weighted by Gasteiger charge is 2.04. The maximum absolute atomic E-state index is 12.8. The molecule has 0 bridgehead atoms. The third-order valence-corrected chi connectivity index (χ3v) is 3.13. The predicted molar refractivity (Wildman–Crippen MR) is 73.8 cm³/mol. The molecule has 1 aromatic heterocycles. The highest BCUT2D eigenvalue weighted by molar-refractivity contribution is 5.83. The van der Waals surface area contributed by atoms with E-state index in [9.17, 15) is 4.39 Å². The second-order valence-corrected chi connectivity index (χ2v) is 4.61. The van der Waals surface area contributed by atoms with Crippen LogP contribution in [-0.4, -0.2) is 4.98 Å². The molecule has 0 saturated heterocycles. The van der Waals surface area contributed by atoms with E-state index in [-0.39, 0.29) is 5.82 Å². The Morgan fingerprint density at radius 3 is 2.68 bits per heavy atom. The summed E-state index contributed by atoms with van der Waals surface area (Å²) in [4.78, 5) is 3.23. The average molecular weight is 255 g/mol. The molecule has 0 spiro atoms. The van der Waals surface area contributed by atoms with Crippen LogP contribution in [0.2, 0.25) is 0 Å². The molecule has 3 heteroatoms. The zero-order chi connectivity index (χ0) is 13.2. The molecule has 0 unspecified atom stereocenters. The summed E-state index contributed by atoms with van der Waals surface area (Å²) in [7, 11) is 0. The van der Waals surface area contributed by atoms with Crippen molar-refractivity contribution in [3.05, 3.63) is 65.6 Å². The Hall–Kier alpha value is -2.29. The summed E-state index contributed by atoms with van der Waals surface area (Å²) in [6, 6.07) is 12.3. The minimum absolute atomic E-state index is 0.255. The van der Waals surface area contributed by atoms with E-state index in [1.54, 1.807) is 12.1 Å². The van der Waals surface area contributed by atoms with Crippen molar-refractivity contribution in [2.24, 2.45) is 0 Å². The number of fused-ring (bicyclic) bond motifs is 1. The van der Waals surface area contributed by atoms with Gasteiger partial charge in [0.1, 0.15) is 18.2 Å². The Labute approximate surface area is 110 Å². The first-order chi connectivity index (χ1) is 9.22. The van der Waals surface area contributed by atoms with Crippen LogP contribution in [-0.2, 0) is 6.61 Å². The summed E-state index contributed by atoms with van der Waals surface area (Å²) in [6.45, 7) is 2.53. The van der Waals surface area contributed by atoms with Crippen molar-refractivity contribution >= 4 is 10.9 Å². The Morgan fingerprint density at radius 1 is 1.11 bits per heavy atom. The van der Waals surface area contributed by atoms with Gasteiger partial charge in [-0.25, -0.2) is 4.39 Å². The van der Waals surface area contributed by atoms with Gasteiger partial charge in [0.25, 0.3) is 0 Å². The maximum atomic E-state index is 12.8. The normalized spacial score (nSPS) is 10.8. The summed E-state index contributed by atoms with van der Waals surface area (Å²) in [6.07, 6.45) is 1.95. The van der Waals surface area contributed by atoms with E-state index in [0.29, 0.717) is 12.4 Å². The molecule has 96 valence electrons. The molecular formula is C16H14FNO. The van der Waals surface area contributed by atoms with Gasteiger partial charge in [0.05, 0.1) is 0 Å². The molecule has 0 fully saturated rings. The van der Waals surface area contributed by atoms with E-state index in [2.05, 4.69) is 30.1 Å². The van der Waals surface area contributed by atoms with Crippen molar-refractivity contribution < 1.29 is 9.13 Å². The molecule has 0 aliphatic rings. The van der Waals surface area contributed by atoms with Gasteiger partial charge in [-0.3, -0.25) is 0 Å². The van der Waals surface area contributed by atoms with Gasteiger partial charge in [0.15, 0.2) is 0 Å². The number of rotatable bonds is 3. The first-order valence-electron chi connectivity index (χ1n) is 6.17. The number of ether oxygens (including phenoxy) is 1. The zero-order valence-electron chi connectivity index (χ0n) is 10.6. The summed E-state index contributed by atoms with van der Waals surface area (Å²) in [5.41, 5.74) is 3.43. The van der Waals surface area contributed by atoms with Crippen molar-refractivity contribution in [3.8, 4) is 5.75 Å². The number of aryl methyl sites for hydroxylation is 1. The van der Waals surface area contributed by atoms with Gasteiger partial charge in [0, 0.05) is 22.7 Å². The van der Waals surface area contributed by atoms with Crippen LogP contribution >= 0.6 is 0 Å². The summed E-state index contributed by atoms with van der Waals surface area (Å²) in [5, 5.41) is 1.16. The van der Waals surface area contributed by atoms with Crippen LogP contribution in [0, 0.1) is 12.7 Å². The number of aromatic nitrogens is 1. The molecule has 2 aromatic carbocycles. The van der Waals surface area contributed by atoms with Crippen molar-refractivity contribution in [1.82, 2.24) is 4.98 Å². The Kier molecular flexibility index (Phi) is 2.95. The van der Waals surface area contributed by atoms with Gasteiger partial charge >= 0.3 is 0 Å². The monoisotopic (exact) mass is 255 g/mol. The van der Waals surface area contributed by atoms with Gasteiger partial charge in [-0.15, -0.1) is 0 Å². The van der Waals surface area contributed by atoms with Crippen LogP contribution in [0.25, 0.3) is 10.9 Å². The van der Waals surface area contributed by atoms with Gasteiger partial charge in [-0.2, -0.15) is 0 Å². The number of hydrogen-bond acceptors (Lipinski definition) is 1. The highest BCUT2D eigenvalue weighted by atomic mass is 19.1. The van der Waals surface area contributed by atoms with Crippen LogP contribution in [0.1, 0.15) is 11.1 Å². The fraction of sp³-hybridized carbons (Fsp3) is 0.125. The minimum Gasteiger partial charge on any atom is -0.489 e. The first-order valence-corrected chi connectivity index (χ1v) is 6.17. The van der Waals surface area contributed by atoms with Gasteiger partial charge in [0.2, 0.25) is 0 Å². The topological polar surface area (TPSA) is 25.0 Å².